The van der Waals surface area contributed by atoms with Crippen molar-refractivity contribution in [2.24, 2.45) is 5.92 Å². The molecule has 1 aliphatic heterocycles. The van der Waals surface area contributed by atoms with E-state index in [-0.39, 0.29) is 40.9 Å². The quantitative estimate of drug-likeness (QED) is 0.561. The number of hydrogen-bond donors (Lipinski definition) is 0. The Bertz CT molecular complexity index is 1080. The lowest BCUT2D eigenvalue weighted by molar-refractivity contribution is -0.138. The number of rotatable bonds is 7. The minimum atomic E-state index is -3.76. The predicted octanol–water partition coefficient (Wildman–Crippen LogP) is 4.59. The zero-order valence-corrected chi connectivity index (χ0v) is 20.2. The largest absolute Gasteiger partial charge is 0.497 e. The molecule has 32 heavy (non-hydrogen) atoms. The Kier molecular flexibility index (Phi) is 7.00. The summed E-state index contributed by atoms with van der Waals surface area (Å²) in [5, 5.41) is 0.462. The van der Waals surface area contributed by atoms with Crippen LogP contribution in [0.3, 0.4) is 0 Å². The summed E-state index contributed by atoms with van der Waals surface area (Å²) in [5.74, 6) is 0.711. The Morgan fingerprint density at radius 1 is 1.06 bits per heavy atom. The van der Waals surface area contributed by atoms with E-state index in [0.717, 1.165) is 24.2 Å². The van der Waals surface area contributed by atoms with Gasteiger partial charge in [0.1, 0.15) is 10.6 Å². The molecule has 2 fully saturated rings. The van der Waals surface area contributed by atoms with E-state index in [1.165, 1.54) is 16.4 Å². The number of benzene rings is 2. The molecule has 1 saturated heterocycles. The van der Waals surface area contributed by atoms with Gasteiger partial charge in [-0.3, -0.25) is 4.79 Å². The van der Waals surface area contributed by atoms with Gasteiger partial charge < -0.3 is 9.64 Å². The standard InChI is InChI=1S/C23H26Cl2N2O4S/c1-31-20-7-2-16(3-8-20)15-27(19-5-6-19)23(28)17-10-12-26(13-11-17)32(29,30)22-14-18(24)4-9-21(22)25/h2-4,7-9,14,17,19H,5-6,10-13,15H2,1H3. The molecule has 1 amide bonds. The second-order valence-electron chi connectivity index (χ2n) is 8.30. The number of carbonyl (C=O) groups excluding carboxylic acids is 1. The third kappa shape index (κ3) is 5.06. The number of methoxy groups -OCH3 is 1. The van der Waals surface area contributed by atoms with Crippen LogP contribution in [0.2, 0.25) is 10.0 Å². The maximum absolute atomic E-state index is 13.3. The maximum Gasteiger partial charge on any atom is 0.244 e. The summed E-state index contributed by atoms with van der Waals surface area (Å²) in [4.78, 5) is 15.3. The molecular weight excluding hydrogens is 471 g/mol. The van der Waals surface area contributed by atoms with Crippen molar-refractivity contribution in [1.29, 1.82) is 0 Å². The van der Waals surface area contributed by atoms with E-state index in [0.29, 0.717) is 24.4 Å². The summed E-state index contributed by atoms with van der Waals surface area (Å²) in [5.41, 5.74) is 1.06. The van der Waals surface area contributed by atoms with Crippen LogP contribution in [0.1, 0.15) is 31.2 Å². The lowest BCUT2D eigenvalue weighted by atomic mass is 9.96. The normalized spacial score (nSPS) is 17.8. The second kappa shape index (κ2) is 9.59. The molecule has 1 saturated carbocycles. The van der Waals surface area contributed by atoms with Gasteiger partial charge in [0.15, 0.2) is 0 Å². The van der Waals surface area contributed by atoms with Crippen molar-refractivity contribution >= 4 is 39.1 Å². The first kappa shape index (κ1) is 23.4. The summed E-state index contributed by atoms with van der Waals surface area (Å²) in [6.45, 7) is 1.12. The molecule has 2 aromatic rings. The number of carbonyl (C=O) groups is 1. The summed E-state index contributed by atoms with van der Waals surface area (Å²) in [7, 11) is -2.14. The van der Waals surface area contributed by atoms with E-state index < -0.39 is 10.0 Å². The van der Waals surface area contributed by atoms with E-state index in [1.807, 2.05) is 29.2 Å². The average Bonchev–Trinajstić information content (AvgIpc) is 3.64. The van der Waals surface area contributed by atoms with Crippen LogP contribution in [0, 0.1) is 5.92 Å². The van der Waals surface area contributed by atoms with Crippen molar-refractivity contribution in [3.8, 4) is 5.75 Å². The van der Waals surface area contributed by atoms with Crippen LogP contribution >= 0.6 is 23.2 Å². The zero-order chi connectivity index (χ0) is 22.9. The van der Waals surface area contributed by atoms with Gasteiger partial charge in [-0.1, -0.05) is 35.3 Å². The fourth-order valence-corrected chi connectivity index (χ4v) is 6.30. The highest BCUT2D eigenvalue weighted by Crippen LogP contribution is 2.34. The van der Waals surface area contributed by atoms with Crippen molar-refractivity contribution in [3.63, 3.8) is 0 Å². The lowest BCUT2D eigenvalue weighted by Gasteiger charge is -2.34. The molecule has 0 N–H and O–H groups in total. The van der Waals surface area contributed by atoms with Crippen LogP contribution in [0.25, 0.3) is 0 Å². The lowest BCUT2D eigenvalue weighted by Crippen LogP contribution is -2.44. The Morgan fingerprint density at radius 2 is 1.72 bits per heavy atom. The average molecular weight is 497 g/mol. The molecule has 9 heteroatoms. The second-order valence-corrected chi connectivity index (χ2v) is 11.0. The number of hydrogen-bond acceptors (Lipinski definition) is 4. The first-order valence-corrected chi connectivity index (χ1v) is 12.9. The summed E-state index contributed by atoms with van der Waals surface area (Å²) < 4.78 is 32.7. The van der Waals surface area contributed by atoms with Gasteiger partial charge in [-0.2, -0.15) is 4.31 Å². The fraction of sp³-hybridized carbons (Fsp3) is 0.435. The summed E-state index contributed by atoms with van der Waals surface area (Å²) in [6.07, 6.45) is 3.01. The third-order valence-electron chi connectivity index (χ3n) is 6.10. The van der Waals surface area contributed by atoms with Crippen LogP contribution in [-0.4, -0.2) is 49.8 Å². The molecule has 4 rings (SSSR count). The summed E-state index contributed by atoms with van der Waals surface area (Å²) >= 11 is 12.1. The van der Waals surface area contributed by atoms with E-state index in [9.17, 15) is 13.2 Å². The van der Waals surface area contributed by atoms with E-state index >= 15 is 0 Å². The molecule has 0 unspecified atom stereocenters. The number of halogens is 2. The number of ether oxygens (including phenoxy) is 1. The van der Waals surface area contributed by atoms with E-state index in [2.05, 4.69) is 0 Å². The molecule has 2 aliphatic rings. The van der Waals surface area contributed by atoms with Crippen LogP contribution in [-0.2, 0) is 21.4 Å². The molecule has 6 nitrogen and oxygen atoms in total. The van der Waals surface area contributed by atoms with Gasteiger partial charge in [0.05, 0.1) is 12.1 Å². The molecular formula is C23H26Cl2N2O4S. The monoisotopic (exact) mass is 496 g/mol. The van der Waals surface area contributed by atoms with Crippen LogP contribution in [0.4, 0.5) is 0 Å². The summed E-state index contributed by atoms with van der Waals surface area (Å²) in [6, 6.07) is 12.4. The van der Waals surface area contributed by atoms with Crippen molar-refractivity contribution in [1.82, 2.24) is 9.21 Å². The van der Waals surface area contributed by atoms with Gasteiger partial charge in [-0.15, -0.1) is 0 Å². The fourth-order valence-electron chi connectivity index (χ4n) is 4.09. The van der Waals surface area contributed by atoms with Crippen molar-refractivity contribution in [2.75, 3.05) is 20.2 Å². The highest BCUT2D eigenvalue weighted by atomic mass is 35.5. The Balaban J connectivity index is 1.42. The Morgan fingerprint density at radius 3 is 2.31 bits per heavy atom. The zero-order valence-electron chi connectivity index (χ0n) is 17.8. The van der Waals surface area contributed by atoms with Gasteiger partial charge >= 0.3 is 0 Å². The molecule has 0 atom stereocenters. The van der Waals surface area contributed by atoms with Crippen molar-refractivity contribution < 1.29 is 17.9 Å². The van der Waals surface area contributed by atoms with Gasteiger partial charge in [0, 0.05) is 36.6 Å². The smallest absolute Gasteiger partial charge is 0.244 e. The number of piperidine rings is 1. The van der Waals surface area contributed by atoms with Gasteiger partial charge in [-0.25, -0.2) is 8.42 Å². The van der Waals surface area contributed by atoms with Crippen LogP contribution < -0.4 is 4.74 Å². The number of amides is 1. The molecule has 0 radical (unpaired) electrons. The van der Waals surface area contributed by atoms with Gasteiger partial charge in [-0.05, 0) is 61.6 Å². The van der Waals surface area contributed by atoms with E-state index in [1.54, 1.807) is 13.2 Å². The molecule has 1 heterocycles. The minimum absolute atomic E-state index is 0.00977. The Hall–Kier alpha value is -1.80. The van der Waals surface area contributed by atoms with Gasteiger partial charge in [0.25, 0.3) is 0 Å². The Labute approximate surface area is 199 Å². The maximum atomic E-state index is 13.3. The van der Waals surface area contributed by atoms with Crippen molar-refractivity contribution in [2.45, 2.75) is 43.2 Å². The van der Waals surface area contributed by atoms with E-state index in [4.69, 9.17) is 27.9 Å². The van der Waals surface area contributed by atoms with Crippen LogP contribution in [0.15, 0.2) is 47.4 Å². The van der Waals surface area contributed by atoms with Crippen LogP contribution in [0.5, 0.6) is 5.75 Å². The van der Waals surface area contributed by atoms with Gasteiger partial charge in [0.2, 0.25) is 15.9 Å². The SMILES string of the molecule is COc1ccc(CN(C(=O)C2CCN(S(=O)(=O)c3cc(Cl)ccc3Cl)CC2)C2CC2)cc1. The third-order valence-corrected chi connectivity index (χ3v) is 8.71. The molecule has 1 aliphatic carbocycles. The number of nitrogens with zero attached hydrogens (tertiary/aromatic N) is 2. The first-order chi connectivity index (χ1) is 15.3. The van der Waals surface area contributed by atoms with Crippen molar-refractivity contribution in [3.05, 3.63) is 58.1 Å². The topological polar surface area (TPSA) is 66.9 Å². The highest BCUT2D eigenvalue weighted by Gasteiger charge is 2.39. The molecule has 2 aromatic carbocycles. The number of sulfonamides is 1. The molecule has 0 aromatic heterocycles. The molecule has 0 spiro atoms. The molecule has 0 bridgehead atoms. The predicted molar refractivity (Wildman–Crippen MR) is 125 cm³/mol. The molecule has 172 valence electrons. The first-order valence-electron chi connectivity index (χ1n) is 10.7. The minimum Gasteiger partial charge on any atom is -0.497 e. The highest BCUT2D eigenvalue weighted by molar-refractivity contribution is 7.89.